The number of carbonyl (C=O) groups excluding carboxylic acids is 1. The summed E-state index contributed by atoms with van der Waals surface area (Å²) in [5.74, 6) is 0.172. The maximum absolute atomic E-state index is 13.5. The number of methoxy groups -OCH3 is 1. The Morgan fingerprint density at radius 3 is 2.26 bits per heavy atom. The topological polar surface area (TPSA) is 84.1 Å². The van der Waals surface area contributed by atoms with Crippen molar-refractivity contribution in [3.05, 3.63) is 116 Å². The van der Waals surface area contributed by atoms with Gasteiger partial charge in [0, 0.05) is 0 Å². The van der Waals surface area contributed by atoms with Gasteiger partial charge in [0.1, 0.15) is 16.5 Å². The van der Waals surface area contributed by atoms with E-state index in [2.05, 4.69) is 5.32 Å². The van der Waals surface area contributed by atoms with Crippen molar-refractivity contribution in [3.63, 3.8) is 0 Å². The zero-order valence-electron chi connectivity index (χ0n) is 19.3. The normalized spacial score (nSPS) is 13.0. The van der Waals surface area contributed by atoms with Crippen LogP contribution >= 0.6 is 11.3 Å². The van der Waals surface area contributed by atoms with Crippen LogP contribution in [-0.2, 0) is 4.79 Å². The second kappa shape index (κ2) is 10.7. The van der Waals surface area contributed by atoms with Gasteiger partial charge in [0.05, 0.1) is 23.4 Å². The number of aromatic nitrogens is 1. The average Bonchev–Trinajstić information content (AvgIpc) is 3.21. The summed E-state index contributed by atoms with van der Waals surface area (Å²) >= 11 is 1.11. The summed E-state index contributed by atoms with van der Waals surface area (Å²) in [5, 5.41) is 12.9. The molecule has 0 spiro atoms. The van der Waals surface area contributed by atoms with Gasteiger partial charge in [-0.25, -0.2) is 0 Å². The third kappa shape index (κ3) is 5.24. The van der Waals surface area contributed by atoms with E-state index < -0.39 is 5.91 Å². The largest absolute Gasteiger partial charge is 0.497 e. The second-order valence-corrected chi connectivity index (χ2v) is 8.79. The summed E-state index contributed by atoms with van der Waals surface area (Å²) in [6, 6.07) is 27.5. The minimum absolute atomic E-state index is 0.117. The monoisotopic (exact) mass is 481 g/mol. The van der Waals surface area contributed by atoms with Crippen molar-refractivity contribution in [2.75, 3.05) is 7.11 Å². The molecule has 3 aromatic carbocycles. The number of carbonyl (C=O) groups is 1. The summed E-state index contributed by atoms with van der Waals surface area (Å²) in [4.78, 5) is 26.7. The molecule has 0 fully saturated rings. The number of para-hydroxylation sites is 1. The molecular weight excluding hydrogens is 458 g/mol. The Kier molecular flexibility index (Phi) is 7.24. The number of nitrogens with one attached hydrogen (secondary N) is 1. The van der Waals surface area contributed by atoms with E-state index in [0.29, 0.717) is 16.0 Å². The van der Waals surface area contributed by atoms with Crippen LogP contribution < -0.4 is 24.8 Å². The minimum atomic E-state index is -0.536. The van der Waals surface area contributed by atoms with Crippen LogP contribution in [0, 0.1) is 11.3 Å². The number of amides is 1. The summed E-state index contributed by atoms with van der Waals surface area (Å²) in [5.41, 5.74) is 1.88. The molecule has 0 aliphatic carbocycles. The smallest absolute Gasteiger partial charge is 0.273 e. The van der Waals surface area contributed by atoms with Gasteiger partial charge < -0.3 is 10.1 Å². The van der Waals surface area contributed by atoms with Gasteiger partial charge in [0.25, 0.3) is 11.5 Å². The first kappa shape index (κ1) is 23.7. The molecule has 1 N–H and O–H groups in total. The van der Waals surface area contributed by atoms with Crippen LogP contribution in [0.5, 0.6) is 5.75 Å². The van der Waals surface area contributed by atoms with Gasteiger partial charge >= 0.3 is 0 Å². The van der Waals surface area contributed by atoms with E-state index >= 15 is 0 Å². The third-order valence-electron chi connectivity index (χ3n) is 5.45. The zero-order valence-corrected chi connectivity index (χ0v) is 20.1. The Labute approximate surface area is 206 Å². The maximum atomic E-state index is 13.5. The van der Waals surface area contributed by atoms with Crippen molar-refractivity contribution in [1.82, 2.24) is 9.88 Å². The zero-order chi connectivity index (χ0) is 24.8. The predicted octanol–water partition coefficient (Wildman–Crippen LogP) is 3.29. The van der Waals surface area contributed by atoms with Crippen LogP contribution in [0.4, 0.5) is 0 Å². The lowest BCUT2D eigenvalue weighted by molar-refractivity contribution is -0.116. The number of thiazole rings is 1. The van der Waals surface area contributed by atoms with Crippen LogP contribution in [0.2, 0.25) is 0 Å². The molecule has 4 rings (SSSR count). The van der Waals surface area contributed by atoms with Crippen LogP contribution in [0.15, 0.2) is 89.7 Å². The molecule has 0 aliphatic heterocycles. The Bertz CT molecular complexity index is 1550. The lowest BCUT2D eigenvalue weighted by Gasteiger charge is -2.13. The SMILES string of the molecule is COc1ccc(/C=c2/s/c(=C(/C#N)C(=O)NC(C)c3ccccc3)n(-c3ccccc3)c2=O)cc1. The molecule has 35 heavy (non-hydrogen) atoms. The lowest BCUT2D eigenvalue weighted by atomic mass is 10.1. The highest BCUT2D eigenvalue weighted by Gasteiger charge is 2.19. The van der Waals surface area contributed by atoms with Crippen LogP contribution in [-0.4, -0.2) is 17.6 Å². The fourth-order valence-electron chi connectivity index (χ4n) is 3.60. The van der Waals surface area contributed by atoms with E-state index in [1.165, 1.54) is 4.57 Å². The van der Waals surface area contributed by atoms with E-state index in [1.807, 2.05) is 61.5 Å². The van der Waals surface area contributed by atoms with Gasteiger partial charge in [-0.1, -0.05) is 60.7 Å². The van der Waals surface area contributed by atoms with Crippen LogP contribution in [0.25, 0.3) is 17.3 Å². The standard InChI is InChI=1S/C28H23N3O3S/c1-19(21-9-5-3-6-10-21)30-26(32)24(18-29)28-31(22-11-7-4-8-12-22)27(33)25(35-28)17-20-13-15-23(34-2)16-14-20/h3-17,19H,1-2H3,(H,30,32)/b25-17+,28-24-. The van der Waals surface area contributed by atoms with Crippen LogP contribution in [0.3, 0.4) is 0 Å². The van der Waals surface area contributed by atoms with Crippen molar-refractivity contribution in [3.8, 4) is 17.5 Å². The quantitative estimate of drug-likeness (QED) is 0.458. The Balaban J connectivity index is 1.87. The molecule has 1 heterocycles. The summed E-state index contributed by atoms with van der Waals surface area (Å²) in [6.07, 6.45) is 1.74. The van der Waals surface area contributed by atoms with Gasteiger partial charge in [0.15, 0.2) is 5.57 Å². The molecule has 174 valence electrons. The van der Waals surface area contributed by atoms with E-state index in [1.54, 1.807) is 49.6 Å². The molecule has 0 bridgehead atoms. The minimum Gasteiger partial charge on any atom is -0.497 e. The molecule has 0 radical (unpaired) electrons. The molecule has 1 atom stereocenters. The number of benzene rings is 3. The number of hydrogen-bond acceptors (Lipinski definition) is 5. The van der Waals surface area contributed by atoms with Crippen molar-refractivity contribution >= 4 is 28.9 Å². The first-order valence-electron chi connectivity index (χ1n) is 10.9. The molecular formula is C28H23N3O3S. The van der Waals surface area contributed by atoms with E-state index in [0.717, 1.165) is 22.5 Å². The maximum Gasteiger partial charge on any atom is 0.273 e. The first-order valence-corrected chi connectivity index (χ1v) is 11.8. The summed E-state index contributed by atoms with van der Waals surface area (Å²) in [6.45, 7) is 1.85. The highest BCUT2D eigenvalue weighted by Crippen LogP contribution is 2.13. The van der Waals surface area contributed by atoms with E-state index in [4.69, 9.17) is 4.74 Å². The van der Waals surface area contributed by atoms with Gasteiger partial charge in [-0.15, -0.1) is 11.3 Å². The Morgan fingerprint density at radius 1 is 1.03 bits per heavy atom. The molecule has 1 aromatic heterocycles. The number of nitrogens with zero attached hydrogens (tertiary/aromatic N) is 2. The molecule has 6 nitrogen and oxygen atoms in total. The number of hydrogen-bond donors (Lipinski definition) is 1. The number of rotatable bonds is 6. The van der Waals surface area contributed by atoms with Crippen molar-refractivity contribution < 1.29 is 9.53 Å². The van der Waals surface area contributed by atoms with Crippen molar-refractivity contribution in [1.29, 1.82) is 5.26 Å². The van der Waals surface area contributed by atoms with E-state index in [-0.39, 0.29) is 21.8 Å². The highest BCUT2D eigenvalue weighted by molar-refractivity contribution is 7.07. The predicted molar refractivity (Wildman–Crippen MR) is 138 cm³/mol. The van der Waals surface area contributed by atoms with Crippen molar-refractivity contribution in [2.24, 2.45) is 0 Å². The highest BCUT2D eigenvalue weighted by atomic mass is 32.1. The molecule has 0 saturated carbocycles. The van der Waals surface area contributed by atoms with Gasteiger partial charge in [-0.2, -0.15) is 5.26 Å². The van der Waals surface area contributed by atoms with Gasteiger partial charge in [-0.05, 0) is 48.4 Å². The van der Waals surface area contributed by atoms with E-state index in [9.17, 15) is 14.9 Å². The van der Waals surface area contributed by atoms with Gasteiger partial charge in [0.2, 0.25) is 0 Å². The molecule has 1 amide bonds. The van der Waals surface area contributed by atoms with Crippen LogP contribution in [0.1, 0.15) is 24.1 Å². The molecule has 0 aliphatic rings. The van der Waals surface area contributed by atoms with Crippen molar-refractivity contribution in [2.45, 2.75) is 13.0 Å². The number of nitriles is 1. The molecule has 0 saturated heterocycles. The summed E-state index contributed by atoms with van der Waals surface area (Å²) < 4.78 is 7.31. The third-order valence-corrected chi connectivity index (χ3v) is 6.54. The fraction of sp³-hybridized carbons (Fsp3) is 0.107. The van der Waals surface area contributed by atoms with Gasteiger partial charge in [-0.3, -0.25) is 14.2 Å². The lowest BCUT2D eigenvalue weighted by Crippen LogP contribution is -2.34. The molecule has 7 heteroatoms. The summed E-state index contributed by atoms with van der Waals surface area (Å²) in [7, 11) is 1.59. The molecule has 4 aromatic rings. The Morgan fingerprint density at radius 2 is 1.66 bits per heavy atom. The first-order chi connectivity index (χ1) is 17.0. The number of ether oxygens (including phenoxy) is 1. The second-order valence-electron chi connectivity index (χ2n) is 7.76. The molecule has 1 unspecified atom stereocenters. The Hall–Kier alpha value is -4.41. The average molecular weight is 482 g/mol. The fourth-order valence-corrected chi connectivity index (χ4v) is 4.70.